The molecular formula is C23H29NO4. The Hall–Kier alpha value is -2.53. The second-order valence-corrected chi connectivity index (χ2v) is 7.26. The van der Waals surface area contributed by atoms with Gasteiger partial charge in [-0.05, 0) is 48.4 Å². The molecule has 0 saturated carbocycles. The average molecular weight is 383 g/mol. The summed E-state index contributed by atoms with van der Waals surface area (Å²) in [5.41, 5.74) is 2.01. The van der Waals surface area contributed by atoms with Gasteiger partial charge >= 0.3 is 0 Å². The van der Waals surface area contributed by atoms with Crippen LogP contribution in [0.1, 0.15) is 36.5 Å². The molecule has 1 heterocycles. The second-order valence-electron chi connectivity index (χ2n) is 7.26. The van der Waals surface area contributed by atoms with Crippen LogP contribution in [0.15, 0.2) is 48.5 Å². The van der Waals surface area contributed by atoms with E-state index in [-0.39, 0.29) is 11.8 Å². The number of hydrogen-bond acceptors (Lipinski definition) is 4. The zero-order valence-corrected chi connectivity index (χ0v) is 16.6. The quantitative estimate of drug-likeness (QED) is 0.794. The van der Waals surface area contributed by atoms with Crippen molar-refractivity contribution in [2.75, 3.05) is 27.3 Å². The first-order chi connectivity index (χ1) is 13.6. The van der Waals surface area contributed by atoms with Gasteiger partial charge in [-0.15, -0.1) is 0 Å². The Morgan fingerprint density at radius 3 is 2.39 bits per heavy atom. The topological polar surface area (TPSA) is 59.0 Å². The van der Waals surface area contributed by atoms with Gasteiger partial charge < -0.3 is 19.5 Å². The van der Waals surface area contributed by atoms with Crippen LogP contribution < -0.4 is 9.47 Å². The molecule has 3 rings (SSSR count). The summed E-state index contributed by atoms with van der Waals surface area (Å²) in [4.78, 5) is 14.5. The Morgan fingerprint density at radius 1 is 1.07 bits per heavy atom. The van der Waals surface area contributed by atoms with E-state index in [2.05, 4.69) is 0 Å². The summed E-state index contributed by atoms with van der Waals surface area (Å²) in [7, 11) is 3.22. The first kappa shape index (κ1) is 20.2. The monoisotopic (exact) mass is 383 g/mol. The highest BCUT2D eigenvalue weighted by Gasteiger charge is 2.28. The molecule has 0 bridgehead atoms. The van der Waals surface area contributed by atoms with Crippen molar-refractivity contribution in [3.05, 3.63) is 59.7 Å². The van der Waals surface area contributed by atoms with Gasteiger partial charge in [0.15, 0.2) is 11.5 Å². The third kappa shape index (κ3) is 4.84. The molecule has 0 radical (unpaired) electrons. The van der Waals surface area contributed by atoms with Crippen molar-refractivity contribution in [2.45, 2.75) is 31.8 Å². The summed E-state index contributed by atoms with van der Waals surface area (Å²) in [5.74, 6) is 1.75. The van der Waals surface area contributed by atoms with Gasteiger partial charge in [0, 0.05) is 19.5 Å². The molecule has 1 saturated heterocycles. The van der Waals surface area contributed by atoms with E-state index in [9.17, 15) is 9.90 Å². The summed E-state index contributed by atoms with van der Waals surface area (Å²) in [6, 6.07) is 15.5. The predicted octanol–water partition coefficient (Wildman–Crippen LogP) is 3.61. The maximum Gasteiger partial charge on any atom is 0.222 e. The fraction of sp³-hybridized carbons (Fsp3) is 0.435. The molecule has 1 unspecified atom stereocenters. The largest absolute Gasteiger partial charge is 0.493 e. The lowest BCUT2D eigenvalue weighted by Gasteiger charge is -2.34. The first-order valence-corrected chi connectivity index (χ1v) is 9.84. The molecule has 5 nitrogen and oxygen atoms in total. The number of aliphatic hydroxyl groups excluding tert-OH is 1. The van der Waals surface area contributed by atoms with Crippen molar-refractivity contribution in [1.82, 2.24) is 4.90 Å². The summed E-state index contributed by atoms with van der Waals surface area (Å²) in [5, 5.41) is 10.6. The molecule has 1 N–H and O–H groups in total. The number of nitrogens with zero attached hydrogens (tertiary/aromatic N) is 1. The summed E-state index contributed by atoms with van der Waals surface area (Å²) < 4.78 is 10.6. The lowest BCUT2D eigenvalue weighted by Crippen LogP contribution is -2.39. The normalized spacial score (nSPS) is 15.9. The smallest absolute Gasteiger partial charge is 0.222 e. The van der Waals surface area contributed by atoms with Crippen LogP contribution >= 0.6 is 0 Å². The average Bonchev–Trinajstić information content (AvgIpc) is 2.77. The minimum Gasteiger partial charge on any atom is -0.493 e. The fourth-order valence-corrected chi connectivity index (χ4v) is 3.83. The molecule has 0 aromatic heterocycles. The Bertz CT molecular complexity index is 769. The van der Waals surface area contributed by atoms with Gasteiger partial charge in [-0.2, -0.15) is 0 Å². The van der Waals surface area contributed by atoms with E-state index in [1.54, 1.807) is 14.2 Å². The number of methoxy groups -OCH3 is 2. The van der Waals surface area contributed by atoms with E-state index >= 15 is 0 Å². The van der Waals surface area contributed by atoms with Crippen molar-refractivity contribution >= 4 is 5.91 Å². The van der Waals surface area contributed by atoms with Crippen molar-refractivity contribution in [3.8, 4) is 11.5 Å². The number of hydrogen-bond donors (Lipinski definition) is 1. The number of aliphatic hydroxyl groups is 1. The van der Waals surface area contributed by atoms with E-state index in [0.717, 1.165) is 24.0 Å². The van der Waals surface area contributed by atoms with E-state index in [1.807, 2.05) is 53.4 Å². The van der Waals surface area contributed by atoms with Gasteiger partial charge in [0.05, 0.1) is 20.3 Å². The minimum absolute atomic E-state index is 0.169. The summed E-state index contributed by atoms with van der Waals surface area (Å²) in [6.07, 6.45) is 2.36. The molecule has 1 aliphatic heterocycles. The molecule has 1 amide bonds. The third-order valence-electron chi connectivity index (χ3n) is 5.56. The Morgan fingerprint density at radius 2 is 1.75 bits per heavy atom. The highest BCUT2D eigenvalue weighted by atomic mass is 16.5. The molecule has 1 aliphatic rings. The van der Waals surface area contributed by atoms with Crippen LogP contribution in [0.3, 0.4) is 0 Å². The van der Waals surface area contributed by atoms with Gasteiger partial charge in [-0.25, -0.2) is 0 Å². The zero-order valence-electron chi connectivity index (χ0n) is 16.6. The third-order valence-corrected chi connectivity index (χ3v) is 5.56. The lowest BCUT2D eigenvalue weighted by molar-refractivity contribution is -0.133. The van der Waals surface area contributed by atoms with Crippen LogP contribution in [-0.4, -0.2) is 43.2 Å². The number of likely N-dealkylation sites (tertiary alicyclic amines) is 1. The van der Waals surface area contributed by atoms with Crippen molar-refractivity contribution in [3.63, 3.8) is 0 Å². The number of benzene rings is 2. The Kier molecular flexibility index (Phi) is 6.93. The van der Waals surface area contributed by atoms with Crippen molar-refractivity contribution < 1.29 is 19.4 Å². The fourth-order valence-electron chi connectivity index (χ4n) is 3.83. The number of aryl methyl sites for hydroxylation is 1. The number of rotatable bonds is 7. The summed E-state index contributed by atoms with van der Waals surface area (Å²) >= 11 is 0. The second kappa shape index (κ2) is 9.60. The molecule has 2 aromatic carbocycles. The van der Waals surface area contributed by atoms with Gasteiger partial charge in [0.25, 0.3) is 0 Å². The van der Waals surface area contributed by atoms with Crippen LogP contribution in [0.4, 0.5) is 0 Å². The molecule has 1 fully saturated rings. The molecular weight excluding hydrogens is 354 g/mol. The van der Waals surface area contributed by atoms with Crippen LogP contribution in [0, 0.1) is 5.92 Å². The first-order valence-electron chi connectivity index (χ1n) is 9.84. The van der Waals surface area contributed by atoms with Crippen LogP contribution in [0.5, 0.6) is 11.5 Å². The highest BCUT2D eigenvalue weighted by molar-refractivity contribution is 5.76. The van der Waals surface area contributed by atoms with E-state index in [0.29, 0.717) is 37.4 Å². The van der Waals surface area contributed by atoms with Crippen LogP contribution in [-0.2, 0) is 11.2 Å². The maximum absolute atomic E-state index is 12.6. The summed E-state index contributed by atoms with van der Waals surface area (Å²) in [6.45, 7) is 1.42. The van der Waals surface area contributed by atoms with Gasteiger partial charge in [-0.3, -0.25) is 4.79 Å². The van der Waals surface area contributed by atoms with Crippen LogP contribution in [0.2, 0.25) is 0 Å². The van der Waals surface area contributed by atoms with Gasteiger partial charge in [-0.1, -0.05) is 36.4 Å². The number of amides is 1. The number of carbonyl (C=O) groups is 1. The van der Waals surface area contributed by atoms with Crippen molar-refractivity contribution in [1.29, 1.82) is 0 Å². The molecule has 0 aliphatic carbocycles. The van der Waals surface area contributed by atoms with E-state index < -0.39 is 6.10 Å². The Labute approximate surface area is 166 Å². The molecule has 5 heteroatoms. The van der Waals surface area contributed by atoms with E-state index in [1.165, 1.54) is 0 Å². The molecule has 2 aromatic rings. The molecule has 28 heavy (non-hydrogen) atoms. The van der Waals surface area contributed by atoms with Gasteiger partial charge in [0.1, 0.15) is 0 Å². The molecule has 1 atom stereocenters. The zero-order chi connectivity index (χ0) is 19.9. The van der Waals surface area contributed by atoms with Crippen LogP contribution in [0.25, 0.3) is 0 Å². The SMILES string of the molecule is COc1ccc(CCC(=O)N2CCC(C(O)c3ccccc3)CC2)cc1OC. The van der Waals surface area contributed by atoms with E-state index in [4.69, 9.17) is 9.47 Å². The minimum atomic E-state index is -0.454. The number of carbonyl (C=O) groups excluding carboxylic acids is 1. The number of ether oxygens (including phenoxy) is 2. The molecule has 150 valence electrons. The number of piperidine rings is 1. The molecule has 0 spiro atoms. The standard InChI is InChI=1S/C23H29NO4/c1-27-20-10-8-17(16-21(20)28-2)9-11-22(25)24-14-12-19(13-15-24)23(26)18-6-4-3-5-7-18/h3-8,10,16,19,23,26H,9,11-15H2,1-2H3. The Balaban J connectivity index is 1.49. The van der Waals surface area contributed by atoms with Crippen molar-refractivity contribution in [2.24, 2.45) is 5.92 Å². The predicted molar refractivity (Wildman–Crippen MR) is 109 cm³/mol. The lowest BCUT2D eigenvalue weighted by atomic mass is 9.87. The van der Waals surface area contributed by atoms with Gasteiger partial charge in [0.2, 0.25) is 5.91 Å². The maximum atomic E-state index is 12.6. The highest BCUT2D eigenvalue weighted by Crippen LogP contribution is 2.31.